The molecule has 0 aliphatic heterocycles. The molecule has 0 radical (unpaired) electrons. The first-order chi connectivity index (χ1) is 14.2. The summed E-state index contributed by atoms with van der Waals surface area (Å²) in [5.74, 6) is -0.562. The lowest BCUT2D eigenvalue weighted by molar-refractivity contribution is -0.116. The lowest BCUT2D eigenvalue weighted by atomic mass is 10.1. The molecule has 0 aliphatic carbocycles. The minimum atomic E-state index is -0.316. The van der Waals surface area contributed by atoms with Gasteiger partial charge in [-0.05, 0) is 51.5 Å². The summed E-state index contributed by atoms with van der Waals surface area (Å²) in [5.41, 5.74) is 1.52. The molecule has 1 aromatic carbocycles. The highest BCUT2D eigenvalue weighted by atomic mass is 35.5. The van der Waals surface area contributed by atoms with E-state index in [1.165, 1.54) is 28.3 Å². The minimum absolute atomic E-state index is 0.00821. The fourth-order valence-electron chi connectivity index (χ4n) is 2.97. The number of carbonyl (C=O) groups is 2. The molecule has 0 saturated carbocycles. The van der Waals surface area contributed by atoms with Crippen LogP contribution in [0.1, 0.15) is 41.1 Å². The molecule has 3 rings (SSSR count). The Balaban J connectivity index is 1.71. The van der Waals surface area contributed by atoms with Gasteiger partial charge in [0.2, 0.25) is 5.91 Å². The largest absolute Gasteiger partial charge is 0.350 e. The van der Waals surface area contributed by atoms with Crippen molar-refractivity contribution in [2.24, 2.45) is 0 Å². The Morgan fingerprint density at radius 3 is 2.70 bits per heavy atom. The smallest absolute Gasteiger partial charge is 0.262 e. The SMILES string of the molecule is Cc1sc2ncn(CCC(=O)Nc3cc(C(=O)NC(C)C)ccc3Cl)c(=O)c2c1C. The number of aromatic nitrogens is 2. The van der Waals surface area contributed by atoms with Gasteiger partial charge in [-0.2, -0.15) is 0 Å². The zero-order chi connectivity index (χ0) is 22.0. The van der Waals surface area contributed by atoms with Crippen LogP contribution in [0.3, 0.4) is 0 Å². The average molecular weight is 447 g/mol. The number of carbonyl (C=O) groups excluding carboxylic acids is 2. The van der Waals surface area contributed by atoms with Crippen LogP contribution in [0.4, 0.5) is 5.69 Å². The quantitative estimate of drug-likeness (QED) is 0.600. The molecule has 2 amide bonds. The van der Waals surface area contributed by atoms with Crippen LogP contribution >= 0.6 is 22.9 Å². The molecule has 7 nitrogen and oxygen atoms in total. The summed E-state index contributed by atoms with van der Waals surface area (Å²) in [7, 11) is 0. The van der Waals surface area contributed by atoms with E-state index in [0.717, 1.165) is 10.4 Å². The van der Waals surface area contributed by atoms with E-state index in [1.807, 2.05) is 27.7 Å². The highest BCUT2D eigenvalue weighted by Crippen LogP contribution is 2.26. The van der Waals surface area contributed by atoms with Crippen LogP contribution in [0.2, 0.25) is 5.02 Å². The number of nitrogens with one attached hydrogen (secondary N) is 2. The number of thiophene rings is 1. The Labute approximate surface area is 183 Å². The van der Waals surface area contributed by atoms with Crippen molar-refractivity contribution in [1.29, 1.82) is 0 Å². The van der Waals surface area contributed by atoms with Gasteiger partial charge in [0.05, 0.1) is 22.4 Å². The first-order valence-corrected chi connectivity index (χ1v) is 10.7. The number of nitrogens with zero attached hydrogens (tertiary/aromatic N) is 2. The van der Waals surface area contributed by atoms with E-state index in [1.54, 1.807) is 12.1 Å². The number of hydrogen-bond acceptors (Lipinski definition) is 5. The third-order valence-corrected chi connectivity index (χ3v) is 6.10. The van der Waals surface area contributed by atoms with Crippen molar-refractivity contribution in [1.82, 2.24) is 14.9 Å². The van der Waals surface area contributed by atoms with Gasteiger partial charge >= 0.3 is 0 Å². The molecule has 2 aromatic heterocycles. The lowest BCUT2D eigenvalue weighted by Gasteiger charge is -2.12. The Bertz CT molecular complexity index is 1180. The maximum absolute atomic E-state index is 12.7. The molecule has 0 unspecified atom stereocenters. The van der Waals surface area contributed by atoms with Crippen molar-refractivity contribution in [3.05, 3.63) is 55.9 Å². The van der Waals surface area contributed by atoms with E-state index >= 15 is 0 Å². The molecule has 0 saturated heterocycles. The van der Waals surface area contributed by atoms with Crippen LogP contribution in [0.15, 0.2) is 29.3 Å². The summed E-state index contributed by atoms with van der Waals surface area (Å²) in [5, 5.41) is 6.44. The summed E-state index contributed by atoms with van der Waals surface area (Å²) in [4.78, 5) is 43.4. The normalized spacial score (nSPS) is 11.1. The van der Waals surface area contributed by atoms with Crippen molar-refractivity contribution in [2.75, 3.05) is 5.32 Å². The molecule has 0 bridgehead atoms. The molecular weight excluding hydrogens is 424 g/mol. The number of rotatable bonds is 6. The predicted octanol–water partition coefficient (Wildman–Crippen LogP) is 3.90. The van der Waals surface area contributed by atoms with Gasteiger partial charge in [0.25, 0.3) is 11.5 Å². The van der Waals surface area contributed by atoms with Crippen LogP contribution in [0, 0.1) is 13.8 Å². The van der Waals surface area contributed by atoms with Crippen molar-refractivity contribution in [3.8, 4) is 0 Å². The summed E-state index contributed by atoms with van der Waals surface area (Å²) < 4.78 is 1.44. The van der Waals surface area contributed by atoms with Gasteiger partial charge in [0.15, 0.2) is 0 Å². The fraction of sp³-hybridized carbons (Fsp3) is 0.333. The number of hydrogen-bond donors (Lipinski definition) is 2. The summed E-state index contributed by atoms with van der Waals surface area (Å²) in [6, 6.07) is 4.69. The second-order valence-corrected chi connectivity index (χ2v) is 8.94. The van der Waals surface area contributed by atoms with Gasteiger partial charge in [0.1, 0.15) is 4.83 Å². The van der Waals surface area contributed by atoms with Gasteiger partial charge < -0.3 is 10.6 Å². The zero-order valence-electron chi connectivity index (χ0n) is 17.2. The van der Waals surface area contributed by atoms with Crippen molar-refractivity contribution in [3.63, 3.8) is 0 Å². The predicted molar refractivity (Wildman–Crippen MR) is 121 cm³/mol. The fourth-order valence-corrected chi connectivity index (χ4v) is 4.12. The third-order valence-electron chi connectivity index (χ3n) is 4.66. The molecule has 0 spiro atoms. The number of benzene rings is 1. The molecule has 3 aromatic rings. The molecule has 0 atom stereocenters. The van der Waals surface area contributed by atoms with Gasteiger partial charge in [-0.25, -0.2) is 4.98 Å². The Morgan fingerprint density at radius 2 is 2.00 bits per heavy atom. The first kappa shape index (κ1) is 22.0. The third kappa shape index (κ3) is 4.71. The Kier molecular flexibility index (Phi) is 6.58. The van der Waals surface area contributed by atoms with Crippen molar-refractivity contribution in [2.45, 2.75) is 46.7 Å². The molecular formula is C21H23ClN4O3S. The molecule has 158 valence electrons. The monoisotopic (exact) mass is 446 g/mol. The van der Waals surface area contributed by atoms with E-state index in [0.29, 0.717) is 26.5 Å². The second kappa shape index (κ2) is 8.97. The van der Waals surface area contributed by atoms with Gasteiger partial charge in [0, 0.05) is 29.4 Å². The maximum Gasteiger partial charge on any atom is 0.262 e. The number of aryl methyl sites for hydroxylation is 3. The van der Waals surface area contributed by atoms with Crippen LogP contribution in [0.25, 0.3) is 10.2 Å². The van der Waals surface area contributed by atoms with Crippen molar-refractivity contribution < 1.29 is 9.59 Å². The van der Waals surface area contributed by atoms with E-state index in [9.17, 15) is 14.4 Å². The van der Waals surface area contributed by atoms with Gasteiger partial charge in [-0.3, -0.25) is 19.0 Å². The van der Waals surface area contributed by atoms with Gasteiger partial charge in [-0.15, -0.1) is 11.3 Å². The highest BCUT2D eigenvalue weighted by molar-refractivity contribution is 7.18. The van der Waals surface area contributed by atoms with Crippen LogP contribution < -0.4 is 16.2 Å². The molecule has 2 N–H and O–H groups in total. The van der Waals surface area contributed by atoms with Crippen LogP contribution in [0.5, 0.6) is 0 Å². The number of halogens is 1. The molecule has 9 heteroatoms. The zero-order valence-corrected chi connectivity index (χ0v) is 18.8. The Morgan fingerprint density at radius 1 is 1.27 bits per heavy atom. The van der Waals surface area contributed by atoms with E-state index < -0.39 is 0 Å². The summed E-state index contributed by atoms with van der Waals surface area (Å²) in [6.07, 6.45) is 1.53. The van der Waals surface area contributed by atoms with Gasteiger partial charge in [-0.1, -0.05) is 11.6 Å². The summed E-state index contributed by atoms with van der Waals surface area (Å²) >= 11 is 7.65. The number of fused-ring (bicyclic) bond motifs is 1. The number of anilines is 1. The van der Waals surface area contributed by atoms with Crippen LogP contribution in [-0.2, 0) is 11.3 Å². The average Bonchev–Trinajstić information content (AvgIpc) is 2.97. The molecule has 0 fully saturated rings. The maximum atomic E-state index is 12.7. The molecule has 30 heavy (non-hydrogen) atoms. The van der Waals surface area contributed by atoms with E-state index in [4.69, 9.17) is 11.6 Å². The van der Waals surface area contributed by atoms with Crippen LogP contribution in [-0.4, -0.2) is 27.4 Å². The summed E-state index contributed by atoms with van der Waals surface area (Å²) in [6.45, 7) is 7.77. The number of amides is 2. The van der Waals surface area contributed by atoms with Crippen molar-refractivity contribution >= 4 is 50.7 Å². The topological polar surface area (TPSA) is 93.1 Å². The van der Waals surface area contributed by atoms with E-state index in [2.05, 4.69) is 15.6 Å². The second-order valence-electron chi connectivity index (χ2n) is 7.33. The standard InChI is InChI=1S/C21H23ClN4O3S/c1-11(2)24-19(28)14-5-6-15(22)16(9-14)25-17(27)7-8-26-10-23-20-18(21(26)29)12(3)13(4)30-20/h5-6,9-11H,7-8H2,1-4H3,(H,24,28)(H,25,27). The highest BCUT2D eigenvalue weighted by Gasteiger charge is 2.14. The first-order valence-electron chi connectivity index (χ1n) is 9.52. The van der Waals surface area contributed by atoms with E-state index in [-0.39, 0.29) is 36.4 Å². The lowest BCUT2D eigenvalue weighted by Crippen LogP contribution is -2.30. The molecule has 2 heterocycles. The Hall–Kier alpha value is -2.71. The molecule has 0 aliphatic rings. The minimum Gasteiger partial charge on any atom is -0.350 e.